The van der Waals surface area contributed by atoms with E-state index < -0.39 is 0 Å². The van der Waals surface area contributed by atoms with E-state index in [9.17, 15) is 4.79 Å². The molecule has 17 heavy (non-hydrogen) atoms. The Bertz CT molecular complexity index is 560. The number of Topliss-reactive ketones (excluding diaryl/α,β-unsaturated/α-hetero) is 1. The molecule has 0 saturated heterocycles. The van der Waals surface area contributed by atoms with Crippen LogP contribution in [0.5, 0.6) is 0 Å². The van der Waals surface area contributed by atoms with Crippen molar-refractivity contribution in [3.8, 4) is 11.3 Å². The topological polar surface area (TPSA) is 30.0 Å². The molecule has 3 rings (SSSR count). The number of aromatic nitrogens is 1. The first-order chi connectivity index (χ1) is 8.34. The predicted molar refractivity (Wildman–Crippen MR) is 66.9 cm³/mol. The number of carbonyl (C=O) groups is 1. The number of nitrogens with zero attached hydrogens (tertiary/aromatic N) is 1. The Balaban J connectivity index is 2.09. The minimum Gasteiger partial charge on any atom is -0.294 e. The molecule has 84 valence electrons. The molecule has 1 aromatic heterocycles. The maximum atomic E-state index is 11.8. The van der Waals surface area contributed by atoms with Gasteiger partial charge in [0, 0.05) is 23.7 Å². The summed E-state index contributed by atoms with van der Waals surface area (Å²) in [5, 5.41) is 0. The first-order valence-electron chi connectivity index (χ1n) is 5.92. The van der Waals surface area contributed by atoms with Crippen LogP contribution in [0.3, 0.4) is 0 Å². The van der Waals surface area contributed by atoms with Crippen LogP contribution in [0.25, 0.3) is 11.3 Å². The van der Waals surface area contributed by atoms with Crippen molar-refractivity contribution >= 4 is 5.78 Å². The van der Waals surface area contributed by atoms with Crippen LogP contribution in [0, 0.1) is 0 Å². The van der Waals surface area contributed by atoms with Crippen molar-refractivity contribution in [1.82, 2.24) is 4.98 Å². The van der Waals surface area contributed by atoms with Gasteiger partial charge in [-0.05, 0) is 36.6 Å². The van der Waals surface area contributed by atoms with E-state index in [1.165, 1.54) is 5.56 Å². The molecular weight excluding hydrogens is 210 g/mol. The van der Waals surface area contributed by atoms with Crippen molar-refractivity contribution in [2.45, 2.75) is 19.3 Å². The van der Waals surface area contributed by atoms with Gasteiger partial charge in [0.05, 0.1) is 5.69 Å². The van der Waals surface area contributed by atoms with Gasteiger partial charge in [0.15, 0.2) is 5.78 Å². The summed E-state index contributed by atoms with van der Waals surface area (Å²) in [5.41, 5.74) is 4.02. The van der Waals surface area contributed by atoms with E-state index in [1.54, 1.807) is 6.20 Å². The van der Waals surface area contributed by atoms with E-state index in [2.05, 4.69) is 17.1 Å². The number of rotatable bonds is 1. The molecule has 0 aliphatic heterocycles. The second-order valence-electron chi connectivity index (χ2n) is 4.36. The molecule has 1 aromatic carbocycles. The summed E-state index contributed by atoms with van der Waals surface area (Å²) >= 11 is 0. The van der Waals surface area contributed by atoms with Crippen molar-refractivity contribution in [3.05, 3.63) is 53.7 Å². The van der Waals surface area contributed by atoms with Gasteiger partial charge in [-0.3, -0.25) is 9.78 Å². The van der Waals surface area contributed by atoms with Crippen LogP contribution in [0.1, 0.15) is 28.8 Å². The lowest BCUT2D eigenvalue weighted by molar-refractivity contribution is 0.0972. The quantitative estimate of drug-likeness (QED) is 0.742. The summed E-state index contributed by atoms with van der Waals surface area (Å²) in [5.74, 6) is 0.268. The molecule has 0 fully saturated rings. The van der Waals surface area contributed by atoms with Crippen LogP contribution in [-0.4, -0.2) is 10.8 Å². The fraction of sp³-hybridized carbons (Fsp3) is 0.200. The number of aryl methyl sites for hydroxylation is 1. The number of hydrogen-bond acceptors (Lipinski definition) is 2. The largest absolute Gasteiger partial charge is 0.294 e. The first-order valence-corrected chi connectivity index (χ1v) is 5.92. The zero-order chi connectivity index (χ0) is 11.7. The third kappa shape index (κ3) is 1.86. The average Bonchev–Trinajstić information content (AvgIpc) is 2.40. The standard InChI is InChI=1S/C15H13NO/c17-15-6-3-4-11-7-8-12(10-13(11)15)14-5-1-2-9-16-14/h1-2,5,7-10H,3-4,6H2. The van der Waals surface area contributed by atoms with E-state index >= 15 is 0 Å². The van der Waals surface area contributed by atoms with Crippen molar-refractivity contribution in [2.75, 3.05) is 0 Å². The molecule has 0 radical (unpaired) electrons. The lowest BCUT2D eigenvalue weighted by atomic mass is 9.89. The molecule has 1 heterocycles. The van der Waals surface area contributed by atoms with Gasteiger partial charge in [0.2, 0.25) is 0 Å². The molecule has 1 aliphatic carbocycles. The highest BCUT2D eigenvalue weighted by molar-refractivity contribution is 5.99. The lowest BCUT2D eigenvalue weighted by Crippen LogP contribution is -2.10. The Morgan fingerprint density at radius 3 is 2.82 bits per heavy atom. The smallest absolute Gasteiger partial charge is 0.163 e. The van der Waals surface area contributed by atoms with Gasteiger partial charge in [-0.2, -0.15) is 0 Å². The van der Waals surface area contributed by atoms with Crippen LogP contribution in [-0.2, 0) is 6.42 Å². The van der Waals surface area contributed by atoms with E-state index in [-0.39, 0.29) is 5.78 Å². The maximum Gasteiger partial charge on any atom is 0.163 e. The summed E-state index contributed by atoms with van der Waals surface area (Å²) in [6.45, 7) is 0. The minimum atomic E-state index is 0.268. The fourth-order valence-corrected chi connectivity index (χ4v) is 2.32. The van der Waals surface area contributed by atoms with E-state index in [1.807, 2.05) is 24.3 Å². The van der Waals surface area contributed by atoms with Crippen molar-refractivity contribution in [1.29, 1.82) is 0 Å². The minimum absolute atomic E-state index is 0.268. The van der Waals surface area contributed by atoms with Gasteiger partial charge in [-0.1, -0.05) is 18.2 Å². The van der Waals surface area contributed by atoms with Crippen LogP contribution in [0.4, 0.5) is 0 Å². The Hall–Kier alpha value is -1.96. The Labute approximate surface area is 100 Å². The van der Waals surface area contributed by atoms with Crippen LogP contribution in [0.2, 0.25) is 0 Å². The third-order valence-electron chi connectivity index (χ3n) is 3.22. The normalized spacial score (nSPS) is 14.5. The maximum absolute atomic E-state index is 11.8. The molecule has 0 atom stereocenters. The Morgan fingerprint density at radius 2 is 2.00 bits per heavy atom. The zero-order valence-corrected chi connectivity index (χ0v) is 9.52. The molecule has 2 heteroatoms. The van der Waals surface area contributed by atoms with Crippen LogP contribution < -0.4 is 0 Å². The summed E-state index contributed by atoms with van der Waals surface area (Å²) in [7, 11) is 0. The second kappa shape index (κ2) is 4.13. The number of pyridine rings is 1. The number of fused-ring (bicyclic) bond motifs is 1. The molecule has 0 saturated carbocycles. The van der Waals surface area contributed by atoms with Crippen LogP contribution in [0.15, 0.2) is 42.6 Å². The number of carbonyl (C=O) groups excluding carboxylic acids is 1. The highest BCUT2D eigenvalue weighted by Gasteiger charge is 2.17. The van der Waals surface area contributed by atoms with Gasteiger partial charge in [-0.25, -0.2) is 0 Å². The highest BCUT2D eigenvalue weighted by Crippen LogP contribution is 2.26. The number of benzene rings is 1. The van der Waals surface area contributed by atoms with Crippen LogP contribution >= 0.6 is 0 Å². The first kappa shape index (κ1) is 10.2. The molecule has 2 nitrogen and oxygen atoms in total. The van der Waals surface area contributed by atoms with Gasteiger partial charge < -0.3 is 0 Å². The monoisotopic (exact) mass is 223 g/mol. The van der Waals surface area contributed by atoms with Crippen molar-refractivity contribution < 1.29 is 4.79 Å². The molecule has 2 aromatic rings. The van der Waals surface area contributed by atoms with E-state index in [4.69, 9.17) is 0 Å². The molecule has 0 bridgehead atoms. The van der Waals surface area contributed by atoms with Crippen molar-refractivity contribution in [2.24, 2.45) is 0 Å². The molecule has 0 N–H and O–H groups in total. The Morgan fingerprint density at radius 1 is 1.06 bits per heavy atom. The summed E-state index contributed by atoms with van der Waals surface area (Å²) < 4.78 is 0. The molecular formula is C15H13NO. The molecule has 0 spiro atoms. The number of hydrogen-bond donors (Lipinski definition) is 0. The lowest BCUT2D eigenvalue weighted by Gasteiger charge is -2.15. The highest BCUT2D eigenvalue weighted by atomic mass is 16.1. The SMILES string of the molecule is O=C1CCCc2ccc(-c3ccccn3)cc21. The van der Waals surface area contributed by atoms with E-state index in [0.717, 1.165) is 29.7 Å². The second-order valence-corrected chi connectivity index (χ2v) is 4.36. The summed E-state index contributed by atoms with van der Waals surface area (Å²) in [6, 6.07) is 11.9. The Kier molecular flexibility index (Phi) is 2.48. The zero-order valence-electron chi connectivity index (χ0n) is 9.52. The number of ketones is 1. The average molecular weight is 223 g/mol. The van der Waals surface area contributed by atoms with Gasteiger partial charge in [0.1, 0.15) is 0 Å². The fourth-order valence-electron chi connectivity index (χ4n) is 2.32. The molecule has 0 amide bonds. The molecule has 0 unspecified atom stereocenters. The summed E-state index contributed by atoms with van der Waals surface area (Å²) in [6.07, 6.45) is 4.45. The van der Waals surface area contributed by atoms with Crippen molar-refractivity contribution in [3.63, 3.8) is 0 Å². The van der Waals surface area contributed by atoms with Gasteiger partial charge in [0.25, 0.3) is 0 Å². The molecule has 1 aliphatic rings. The van der Waals surface area contributed by atoms with Gasteiger partial charge in [-0.15, -0.1) is 0 Å². The summed E-state index contributed by atoms with van der Waals surface area (Å²) in [4.78, 5) is 16.2. The van der Waals surface area contributed by atoms with Gasteiger partial charge >= 0.3 is 0 Å². The van der Waals surface area contributed by atoms with E-state index in [0.29, 0.717) is 6.42 Å². The third-order valence-corrected chi connectivity index (χ3v) is 3.22. The predicted octanol–water partition coefficient (Wildman–Crippen LogP) is 3.27.